The van der Waals surface area contributed by atoms with E-state index < -0.39 is 23.6 Å². The average molecular weight is 453 g/mol. The van der Waals surface area contributed by atoms with Gasteiger partial charge in [0.15, 0.2) is 6.61 Å². The number of hydrogen-bond donors (Lipinski definition) is 2. The number of amides is 2. The highest BCUT2D eigenvalue weighted by atomic mass is 19.4. The number of rotatable bonds is 6. The van der Waals surface area contributed by atoms with E-state index in [1.54, 1.807) is 36.4 Å². The molecule has 0 bridgehead atoms. The minimum atomic E-state index is -4.50. The molecule has 9 heteroatoms. The highest BCUT2D eigenvalue weighted by Gasteiger charge is 2.30. The molecule has 0 spiro atoms. The zero-order valence-corrected chi connectivity index (χ0v) is 17.1. The van der Waals surface area contributed by atoms with Crippen LogP contribution in [0.2, 0.25) is 0 Å². The number of carbonyl (C=O) groups excluding carboxylic acids is 2. The molecule has 6 nitrogen and oxygen atoms in total. The van der Waals surface area contributed by atoms with Gasteiger partial charge in [-0.05, 0) is 47.0 Å². The van der Waals surface area contributed by atoms with Crippen LogP contribution >= 0.6 is 0 Å². The zero-order valence-electron chi connectivity index (χ0n) is 17.1. The molecule has 0 saturated carbocycles. The molecule has 0 aliphatic carbocycles. The molecule has 0 aliphatic rings. The molecule has 3 aromatic carbocycles. The lowest BCUT2D eigenvalue weighted by atomic mass is 10.0. The smallest absolute Gasteiger partial charge is 0.416 e. The summed E-state index contributed by atoms with van der Waals surface area (Å²) in [6, 6.07) is 20.5. The second kappa shape index (κ2) is 10.3. The fourth-order valence-corrected chi connectivity index (χ4v) is 2.89. The molecule has 2 amide bonds. The van der Waals surface area contributed by atoms with Crippen LogP contribution in [0.15, 0.2) is 72.8 Å². The van der Waals surface area contributed by atoms with Crippen molar-refractivity contribution >= 4 is 11.8 Å². The van der Waals surface area contributed by atoms with Crippen molar-refractivity contribution in [3.8, 4) is 22.9 Å². The first-order chi connectivity index (χ1) is 15.7. The lowest BCUT2D eigenvalue weighted by molar-refractivity contribution is -0.137. The summed E-state index contributed by atoms with van der Waals surface area (Å²) >= 11 is 0. The highest BCUT2D eigenvalue weighted by Crippen LogP contribution is 2.29. The fourth-order valence-electron chi connectivity index (χ4n) is 2.89. The summed E-state index contributed by atoms with van der Waals surface area (Å²) in [7, 11) is 0. The van der Waals surface area contributed by atoms with Gasteiger partial charge in [0, 0.05) is 0 Å². The third-order valence-electron chi connectivity index (χ3n) is 4.53. The molecule has 0 fully saturated rings. The van der Waals surface area contributed by atoms with Gasteiger partial charge in [0.2, 0.25) is 5.91 Å². The Balaban J connectivity index is 1.44. The number of benzene rings is 3. The lowest BCUT2D eigenvalue weighted by Crippen LogP contribution is -2.44. The Kier molecular flexibility index (Phi) is 7.31. The van der Waals surface area contributed by atoms with E-state index in [-0.39, 0.29) is 18.6 Å². The molecule has 0 unspecified atom stereocenters. The van der Waals surface area contributed by atoms with E-state index in [1.165, 1.54) is 12.1 Å². The van der Waals surface area contributed by atoms with Gasteiger partial charge < -0.3 is 4.74 Å². The predicted octanol–water partition coefficient (Wildman–Crippen LogP) is 4.01. The van der Waals surface area contributed by atoms with Gasteiger partial charge in [0.1, 0.15) is 5.75 Å². The minimum absolute atomic E-state index is 0.162. The topological polar surface area (TPSA) is 91.2 Å². The number of alkyl halides is 3. The normalized spacial score (nSPS) is 10.7. The largest absolute Gasteiger partial charge is 0.484 e. The van der Waals surface area contributed by atoms with E-state index in [0.717, 1.165) is 23.3 Å². The number of halogens is 3. The second-order valence-electron chi connectivity index (χ2n) is 6.97. The zero-order chi connectivity index (χ0) is 23.8. The number of nitriles is 1. The van der Waals surface area contributed by atoms with Crippen LogP contribution in [-0.2, 0) is 22.2 Å². The fraction of sp³-hybridized carbons (Fsp3) is 0.125. The van der Waals surface area contributed by atoms with Gasteiger partial charge in [-0.15, -0.1) is 0 Å². The van der Waals surface area contributed by atoms with Crippen LogP contribution in [0.1, 0.15) is 16.7 Å². The van der Waals surface area contributed by atoms with Crippen LogP contribution in [0.5, 0.6) is 5.75 Å². The van der Waals surface area contributed by atoms with Gasteiger partial charge in [-0.2, -0.15) is 18.4 Å². The van der Waals surface area contributed by atoms with E-state index in [9.17, 15) is 22.8 Å². The Labute approximate surface area is 187 Å². The van der Waals surface area contributed by atoms with E-state index in [2.05, 4.69) is 16.9 Å². The van der Waals surface area contributed by atoms with Crippen molar-refractivity contribution in [1.82, 2.24) is 10.9 Å². The minimum Gasteiger partial charge on any atom is -0.484 e. The van der Waals surface area contributed by atoms with Gasteiger partial charge in [-0.3, -0.25) is 20.4 Å². The van der Waals surface area contributed by atoms with Crippen LogP contribution in [0.4, 0.5) is 13.2 Å². The van der Waals surface area contributed by atoms with Crippen molar-refractivity contribution in [3.63, 3.8) is 0 Å². The van der Waals surface area contributed by atoms with Gasteiger partial charge in [-0.1, -0.05) is 42.5 Å². The maximum atomic E-state index is 12.7. The summed E-state index contributed by atoms with van der Waals surface area (Å²) in [4.78, 5) is 23.8. The molecule has 0 aliphatic heterocycles. The number of nitrogens with zero attached hydrogens (tertiary/aromatic N) is 1. The maximum absolute atomic E-state index is 12.7. The maximum Gasteiger partial charge on any atom is 0.416 e. The second-order valence-corrected chi connectivity index (χ2v) is 6.97. The van der Waals surface area contributed by atoms with Crippen molar-refractivity contribution in [3.05, 3.63) is 89.5 Å². The average Bonchev–Trinajstić information content (AvgIpc) is 2.81. The van der Waals surface area contributed by atoms with E-state index in [4.69, 9.17) is 10.00 Å². The number of carbonyl (C=O) groups is 2. The molecule has 33 heavy (non-hydrogen) atoms. The summed E-state index contributed by atoms with van der Waals surface area (Å²) < 4.78 is 43.6. The van der Waals surface area contributed by atoms with Gasteiger partial charge >= 0.3 is 6.18 Å². The van der Waals surface area contributed by atoms with Gasteiger partial charge in [0.25, 0.3) is 5.91 Å². The molecule has 0 radical (unpaired) electrons. The monoisotopic (exact) mass is 453 g/mol. The van der Waals surface area contributed by atoms with Crippen LogP contribution in [0, 0.1) is 11.3 Å². The molecular weight excluding hydrogens is 435 g/mol. The van der Waals surface area contributed by atoms with E-state index >= 15 is 0 Å². The molecule has 3 rings (SSSR count). The molecule has 168 valence electrons. The molecule has 2 N–H and O–H groups in total. The quantitative estimate of drug-likeness (QED) is 0.552. The Morgan fingerprint density at radius 2 is 1.48 bits per heavy atom. The number of hydrazine groups is 1. The van der Waals surface area contributed by atoms with Crippen LogP contribution < -0.4 is 15.6 Å². The van der Waals surface area contributed by atoms with Crippen molar-refractivity contribution in [1.29, 1.82) is 5.26 Å². The SMILES string of the molecule is N#Cc1ccc(-c2ccc(OCC(=O)NNC(=O)Cc3cccc(C(F)(F)F)c3)cc2)cc1. The van der Waals surface area contributed by atoms with Crippen molar-refractivity contribution in [2.24, 2.45) is 0 Å². The Hall–Kier alpha value is -4.32. The number of ether oxygens (including phenoxy) is 1. The summed E-state index contributed by atoms with van der Waals surface area (Å²) in [5, 5.41) is 8.85. The molecule has 0 atom stereocenters. The van der Waals surface area contributed by atoms with Gasteiger partial charge in [0.05, 0.1) is 23.6 Å². The summed E-state index contributed by atoms with van der Waals surface area (Å²) in [6.07, 6.45) is -4.83. The van der Waals surface area contributed by atoms with Crippen LogP contribution in [0.3, 0.4) is 0 Å². The van der Waals surface area contributed by atoms with E-state index in [0.29, 0.717) is 11.3 Å². The summed E-state index contributed by atoms with van der Waals surface area (Å²) in [6.45, 7) is -0.375. The number of hydrogen-bond acceptors (Lipinski definition) is 4. The first-order valence-electron chi connectivity index (χ1n) is 9.72. The Morgan fingerprint density at radius 3 is 2.09 bits per heavy atom. The van der Waals surface area contributed by atoms with Crippen molar-refractivity contribution in [2.75, 3.05) is 6.61 Å². The molecule has 0 heterocycles. The third-order valence-corrected chi connectivity index (χ3v) is 4.53. The standard InChI is InChI=1S/C24H18F3N3O3/c25-24(26,27)20-3-1-2-17(12-20)13-22(31)29-30-23(32)15-33-21-10-8-19(9-11-21)18-6-4-16(14-28)5-7-18/h1-12H,13,15H2,(H,29,31)(H,30,32). The van der Waals surface area contributed by atoms with Gasteiger partial charge in [-0.25, -0.2) is 0 Å². The third kappa shape index (κ3) is 6.83. The molecule has 0 aromatic heterocycles. The summed E-state index contributed by atoms with van der Waals surface area (Å²) in [5.41, 5.74) is 5.99. The first-order valence-corrected chi connectivity index (χ1v) is 9.72. The van der Waals surface area contributed by atoms with Crippen LogP contribution in [0.25, 0.3) is 11.1 Å². The number of nitrogens with one attached hydrogen (secondary N) is 2. The van der Waals surface area contributed by atoms with E-state index in [1.807, 2.05) is 12.1 Å². The highest BCUT2D eigenvalue weighted by molar-refractivity contribution is 5.83. The molecule has 0 saturated heterocycles. The van der Waals surface area contributed by atoms with Crippen LogP contribution in [-0.4, -0.2) is 18.4 Å². The molecular formula is C24H18F3N3O3. The summed E-state index contributed by atoms with van der Waals surface area (Å²) in [5.74, 6) is -0.879. The van der Waals surface area contributed by atoms with Crippen molar-refractivity contribution in [2.45, 2.75) is 12.6 Å². The molecule has 3 aromatic rings. The lowest BCUT2D eigenvalue weighted by Gasteiger charge is -2.11. The Bertz CT molecular complexity index is 1170. The predicted molar refractivity (Wildman–Crippen MR) is 114 cm³/mol. The Morgan fingerprint density at radius 1 is 0.879 bits per heavy atom. The van der Waals surface area contributed by atoms with Crippen molar-refractivity contribution < 1.29 is 27.5 Å². The first kappa shape index (κ1) is 23.3.